The van der Waals surface area contributed by atoms with E-state index in [0.717, 1.165) is 35.2 Å². The number of hydrogen-bond donors (Lipinski definition) is 0. The Kier molecular flexibility index (Phi) is 5.37. The predicted molar refractivity (Wildman–Crippen MR) is 112 cm³/mol. The van der Waals surface area contributed by atoms with Crippen LogP contribution in [0.25, 0.3) is 0 Å². The van der Waals surface area contributed by atoms with Gasteiger partial charge < -0.3 is 4.90 Å². The molecule has 0 bridgehead atoms. The molecule has 4 rings (SSSR count). The molecular weight excluding hydrogens is 387 g/mol. The van der Waals surface area contributed by atoms with Crippen LogP contribution in [0, 0.1) is 6.92 Å². The number of aryl methyl sites for hydroxylation is 1. The van der Waals surface area contributed by atoms with Crippen molar-refractivity contribution in [2.45, 2.75) is 32.5 Å². The van der Waals surface area contributed by atoms with Gasteiger partial charge in [-0.25, -0.2) is 0 Å². The molecule has 2 nitrogen and oxygen atoms in total. The summed E-state index contributed by atoms with van der Waals surface area (Å²) in [6, 6.07) is 19.2. The van der Waals surface area contributed by atoms with Crippen LogP contribution in [0.2, 0.25) is 0 Å². The zero-order chi connectivity index (χ0) is 21.3. The summed E-state index contributed by atoms with van der Waals surface area (Å²) in [4.78, 5) is 14.8. The molecule has 0 fully saturated rings. The second-order valence-electron chi connectivity index (χ2n) is 7.80. The molecule has 0 unspecified atom stereocenters. The van der Waals surface area contributed by atoms with Crippen LogP contribution >= 0.6 is 0 Å². The van der Waals surface area contributed by atoms with Crippen molar-refractivity contribution in [3.05, 3.63) is 100 Å². The maximum Gasteiger partial charge on any atom is 0.416 e. The molecule has 0 aliphatic carbocycles. The Balaban J connectivity index is 1.67. The lowest BCUT2D eigenvalue weighted by atomic mass is 9.97. The lowest BCUT2D eigenvalue weighted by Crippen LogP contribution is -2.30. The van der Waals surface area contributed by atoms with Gasteiger partial charge in [0.15, 0.2) is 5.78 Å². The fourth-order valence-corrected chi connectivity index (χ4v) is 3.94. The molecule has 30 heavy (non-hydrogen) atoms. The van der Waals surface area contributed by atoms with Crippen molar-refractivity contribution < 1.29 is 18.0 Å². The fourth-order valence-electron chi connectivity index (χ4n) is 3.94. The number of hydrogen-bond acceptors (Lipinski definition) is 2. The van der Waals surface area contributed by atoms with Crippen molar-refractivity contribution in [1.82, 2.24) is 0 Å². The van der Waals surface area contributed by atoms with E-state index in [0.29, 0.717) is 18.8 Å². The maximum absolute atomic E-state index is 13.6. The van der Waals surface area contributed by atoms with Gasteiger partial charge in [-0.15, -0.1) is 0 Å². The van der Waals surface area contributed by atoms with Gasteiger partial charge in [0, 0.05) is 30.8 Å². The van der Waals surface area contributed by atoms with E-state index >= 15 is 0 Å². The maximum atomic E-state index is 13.6. The average Bonchev–Trinajstić information content (AvgIpc) is 2.72. The normalized spacial score (nSPS) is 13.8. The zero-order valence-corrected chi connectivity index (χ0v) is 16.7. The SMILES string of the molecule is Cc1cccc(CC(=O)c2cc(N3CCc4ccccc4C3)cc(C(F)(F)F)c2)c1. The first-order chi connectivity index (χ1) is 14.3. The molecule has 0 saturated carbocycles. The van der Waals surface area contributed by atoms with E-state index in [4.69, 9.17) is 0 Å². The fraction of sp³-hybridized carbons (Fsp3) is 0.240. The van der Waals surface area contributed by atoms with Gasteiger partial charge in [0.1, 0.15) is 0 Å². The summed E-state index contributed by atoms with van der Waals surface area (Å²) < 4.78 is 40.7. The summed E-state index contributed by atoms with van der Waals surface area (Å²) in [5.41, 5.74) is 3.88. The van der Waals surface area contributed by atoms with Crippen molar-refractivity contribution >= 4 is 11.5 Å². The van der Waals surface area contributed by atoms with Crippen LogP contribution in [-0.4, -0.2) is 12.3 Å². The number of carbonyl (C=O) groups excluding carboxylic acids is 1. The van der Waals surface area contributed by atoms with Gasteiger partial charge in [-0.1, -0.05) is 54.1 Å². The third-order valence-electron chi connectivity index (χ3n) is 5.51. The number of alkyl halides is 3. The highest BCUT2D eigenvalue weighted by molar-refractivity contribution is 5.98. The highest BCUT2D eigenvalue weighted by Gasteiger charge is 2.32. The monoisotopic (exact) mass is 409 g/mol. The van der Waals surface area contributed by atoms with Gasteiger partial charge in [0.05, 0.1) is 5.56 Å². The smallest absolute Gasteiger partial charge is 0.367 e. The van der Waals surface area contributed by atoms with Gasteiger partial charge in [-0.05, 0) is 48.2 Å². The largest absolute Gasteiger partial charge is 0.416 e. The van der Waals surface area contributed by atoms with Crippen molar-refractivity contribution in [3.8, 4) is 0 Å². The van der Waals surface area contributed by atoms with Crippen LogP contribution in [0.5, 0.6) is 0 Å². The van der Waals surface area contributed by atoms with E-state index in [1.165, 1.54) is 5.56 Å². The first kappa shape index (κ1) is 20.2. The molecule has 3 aromatic carbocycles. The van der Waals surface area contributed by atoms with Crippen molar-refractivity contribution in [1.29, 1.82) is 0 Å². The number of anilines is 1. The van der Waals surface area contributed by atoms with Crippen LogP contribution in [0.3, 0.4) is 0 Å². The Bertz CT molecular complexity index is 1090. The Labute approximate surface area is 174 Å². The third kappa shape index (κ3) is 4.40. The van der Waals surface area contributed by atoms with Crippen LogP contribution in [0.1, 0.15) is 38.2 Å². The summed E-state index contributed by atoms with van der Waals surface area (Å²) in [7, 11) is 0. The van der Waals surface area contributed by atoms with Gasteiger partial charge >= 0.3 is 6.18 Å². The van der Waals surface area contributed by atoms with Crippen LogP contribution in [0.4, 0.5) is 18.9 Å². The summed E-state index contributed by atoms with van der Waals surface area (Å²) in [5, 5.41) is 0. The first-order valence-electron chi connectivity index (χ1n) is 9.92. The molecule has 0 spiro atoms. The van der Waals surface area contributed by atoms with E-state index in [2.05, 4.69) is 6.07 Å². The Morgan fingerprint density at radius 2 is 1.73 bits per heavy atom. The molecular formula is C25H22F3NO. The number of benzene rings is 3. The quantitative estimate of drug-likeness (QED) is 0.493. The van der Waals surface area contributed by atoms with Crippen molar-refractivity contribution in [2.75, 3.05) is 11.4 Å². The third-order valence-corrected chi connectivity index (χ3v) is 5.51. The van der Waals surface area contributed by atoms with Crippen LogP contribution in [-0.2, 0) is 25.6 Å². The lowest BCUT2D eigenvalue weighted by Gasteiger charge is -2.31. The van der Waals surface area contributed by atoms with Gasteiger partial charge in [-0.3, -0.25) is 4.79 Å². The molecule has 0 aromatic heterocycles. The topological polar surface area (TPSA) is 20.3 Å². The first-order valence-corrected chi connectivity index (χ1v) is 9.92. The highest BCUT2D eigenvalue weighted by Crippen LogP contribution is 2.35. The minimum Gasteiger partial charge on any atom is -0.367 e. The minimum atomic E-state index is -4.51. The zero-order valence-electron chi connectivity index (χ0n) is 16.7. The molecule has 0 radical (unpaired) electrons. The molecule has 0 N–H and O–H groups in total. The lowest BCUT2D eigenvalue weighted by molar-refractivity contribution is -0.137. The molecule has 0 atom stereocenters. The number of halogens is 3. The van der Waals surface area contributed by atoms with Crippen molar-refractivity contribution in [2.24, 2.45) is 0 Å². The standard InChI is InChI=1S/C25H22F3NO/c1-17-5-4-6-18(11-17)12-24(30)21-13-22(25(26,27)28)15-23(14-21)29-10-9-19-7-2-3-8-20(19)16-29/h2-8,11,13-15H,9-10,12,16H2,1H3. The van der Waals surface area contributed by atoms with E-state index in [9.17, 15) is 18.0 Å². The summed E-state index contributed by atoms with van der Waals surface area (Å²) in [5.74, 6) is -0.314. The van der Waals surface area contributed by atoms with Crippen LogP contribution < -0.4 is 4.90 Å². The molecule has 154 valence electrons. The molecule has 1 aliphatic heterocycles. The Hall–Kier alpha value is -3.08. The van der Waals surface area contributed by atoms with Crippen molar-refractivity contribution in [3.63, 3.8) is 0 Å². The van der Waals surface area contributed by atoms with E-state index in [1.807, 2.05) is 54.3 Å². The van der Waals surface area contributed by atoms with Gasteiger partial charge in [0.2, 0.25) is 0 Å². The second-order valence-corrected chi connectivity index (χ2v) is 7.80. The Morgan fingerprint density at radius 3 is 2.47 bits per heavy atom. The highest BCUT2D eigenvalue weighted by atomic mass is 19.4. The predicted octanol–water partition coefficient (Wildman–Crippen LogP) is 6.00. The van der Waals surface area contributed by atoms with E-state index in [-0.39, 0.29) is 17.8 Å². The number of Topliss-reactive ketones (excluding diaryl/α,β-unsaturated/α-hetero) is 1. The second kappa shape index (κ2) is 7.98. The Morgan fingerprint density at radius 1 is 0.967 bits per heavy atom. The average molecular weight is 409 g/mol. The number of rotatable bonds is 4. The summed E-state index contributed by atoms with van der Waals surface area (Å²) in [6.45, 7) is 3.07. The van der Waals surface area contributed by atoms with Gasteiger partial charge in [0.25, 0.3) is 0 Å². The molecule has 1 aliphatic rings. The summed E-state index contributed by atoms with van der Waals surface area (Å²) >= 11 is 0. The molecule has 5 heteroatoms. The van der Waals surface area contributed by atoms with Crippen LogP contribution in [0.15, 0.2) is 66.7 Å². The number of ketones is 1. The number of carbonyl (C=O) groups is 1. The number of nitrogens with zero attached hydrogens (tertiary/aromatic N) is 1. The van der Waals surface area contributed by atoms with Gasteiger partial charge in [-0.2, -0.15) is 13.2 Å². The minimum absolute atomic E-state index is 0.0747. The number of fused-ring (bicyclic) bond motifs is 1. The molecule has 0 saturated heterocycles. The van der Waals surface area contributed by atoms with E-state index < -0.39 is 11.7 Å². The summed E-state index contributed by atoms with van der Waals surface area (Å²) in [6.07, 6.45) is -3.67. The molecule has 3 aromatic rings. The van der Waals surface area contributed by atoms with E-state index in [1.54, 1.807) is 6.07 Å². The molecule has 1 heterocycles. The molecule has 0 amide bonds.